The van der Waals surface area contributed by atoms with Gasteiger partial charge in [-0.15, -0.1) is 0 Å². The zero-order chi connectivity index (χ0) is 13.6. The Kier molecular flexibility index (Phi) is 7.39. The molecule has 0 aliphatic heterocycles. The minimum absolute atomic E-state index is 0.101. The second kappa shape index (κ2) is 7.67. The molecule has 0 aromatic rings. The van der Waals surface area contributed by atoms with Crippen LogP contribution in [0.4, 0.5) is 0 Å². The number of nitrogens with zero attached hydrogens (tertiary/aromatic N) is 1. The summed E-state index contributed by atoms with van der Waals surface area (Å²) in [6.07, 6.45) is 0.995. The fourth-order valence-electron chi connectivity index (χ4n) is 2.01. The Morgan fingerprint density at radius 1 is 1.24 bits per heavy atom. The van der Waals surface area contributed by atoms with Gasteiger partial charge in [0.05, 0.1) is 0 Å². The van der Waals surface area contributed by atoms with Crippen molar-refractivity contribution in [1.82, 2.24) is 10.2 Å². The first kappa shape index (κ1) is 16.4. The molecule has 0 rings (SSSR count). The smallest absolute Gasteiger partial charge is 0.320 e. The summed E-state index contributed by atoms with van der Waals surface area (Å²) in [7, 11) is 4.03. The van der Waals surface area contributed by atoms with E-state index in [0.29, 0.717) is 5.92 Å². The van der Waals surface area contributed by atoms with Crippen LogP contribution in [0.5, 0.6) is 0 Å². The summed E-state index contributed by atoms with van der Waals surface area (Å²) >= 11 is 0. The molecule has 0 bridgehead atoms. The lowest BCUT2D eigenvalue weighted by Gasteiger charge is -2.28. The van der Waals surface area contributed by atoms with E-state index in [0.717, 1.165) is 13.0 Å². The molecule has 102 valence electrons. The fraction of sp³-hybridized carbons (Fsp3) is 0.923. The highest BCUT2D eigenvalue weighted by molar-refractivity contribution is 5.73. The van der Waals surface area contributed by atoms with Crippen LogP contribution in [0.25, 0.3) is 0 Å². The maximum atomic E-state index is 11.2. The Balaban J connectivity index is 4.52. The third kappa shape index (κ3) is 7.34. The Morgan fingerprint density at radius 3 is 2.06 bits per heavy atom. The average molecular weight is 244 g/mol. The number of carboxylic acid groups (broad SMARTS) is 1. The Morgan fingerprint density at radius 2 is 1.76 bits per heavy atom. The van der Waals surface area contributed by atoms with E-state index >= 15 is 0 Å². The van der Waals surface area contributed by atoms with Crippen LogP contribution in [-0.2, 0) is 4.79 Å². The Hall–Kier alpha value is -0.610. The van der Waals surface area contributed by atoms with Crippen molar-refractivity contribution in [3.05, 3.63) is 0 Å². The molecule has 0 aliphatic rings. The van der Waals surface area contributed by atoms with Crippen LogP contribution in [0, 0.1) is 11.8 Å². The van der Waals surface area contributed by atoms with E-state index in [4.69, 9.17) is 0 Å². The Labute approximate surface area is 105 Å². The SMILES string of the molecule is CC(C)CC(CN(C)C)NC(C(=O)O)C(C)C. The van der Waals surface area contributed by atoms with E-state index < -0.39 is 12.0 Å². The number of rotatable bonds is 8. The Bertz CT molecular complexity index is 217. The van der Waals surface area contributed by atoms with Crippen molar-refractivity contribution in [3.8, 4) is 0 Å². The quantitative estimate of drug-likeness (QED) is 0.682. The maximum absolute atomic E-state index is 11.2. The predicted octanol–water partition coefficient (Wildman–Crippen LogP) is 1.66. The molecule has 0 saturated heterocycles. The third-order valence-electron chi connectivity index (χ3n) is 2.69. The van der Waals surface area contributed by atoms with Gasteiger partial charge >= 0.3 is 5.97 Å². The summed E-state index contributed by atoms with van der Waals surface area (Å²) < 4.78 is 0. The molecule has 0 aromatic carbocycles. The minimum Gasteiger partial charge on any atom is -0.480 e. The summed E-state index contributed by atoms with van der Waals surface area (Å²) in [5.74, 6) is -0.0918. The van der Waals surface area contributed by atoms with Gasteiger partial charge in [-0.2, -0.15) is 0 Å². The van der Waals surface area contributed by atoms with Gasteiger partial charge < -0.3 is 15.3 Å². The van der Waals surface area contributed by atoms with Crippen LogP contribution in [0.2, 0.25) is 0 Å². The lowest BCUT2D eigenvalue weighted by Crippen LogP contribution is -2.50. The van der Waals surface area contributed by atoms with E-state index in [-0.39, 0.29) is 12.0 Å². The van der Waals surface area contributed by atoms with Crippen molar-refractivity contribution in [2.45, 2.75) is 46.2 Å². The lowest BCUT2D eigenvalue weighted by molar-refractivity contribution is -0.141. The summed E-state index contributed by atoms with van der Waals surface area (Å²) in [4.78, 5) is 13.3. The third-order valence-corrected chi connectivity index (χ3v) is 2.69. The maximum Gasteiger partial charge on any atom is 0.320 e. The van der Waals surface area contributed by atoms with Gasteiger partial charge in [-0.1, -0.05) is 27.7 Å². The molecule has 0 heterocycles. The van der Waals surface area contributed by atoms with Crippen LogP contribution in [0.1, 0.15) is 34.1 Å². The summed E-state index contributed by atoms with van der Waals surface area (Å²) in [5.41, 5.74) is 0. The monoisotopic (exact) mass is 244 g/mol. The van der Waals surface area contributed by atoms with Crippen molar-refractivity contribution >= 4 is 5.97 Å². The van der Waals surface area contributed by atoms with Gasteiger partial charge in [0.1, 0.15) is 6.04 Å². The highest BCUT2D eigenvalue weighted by Crippen LogP contribution is 2.10. The van der Waals surface area contributed by atoms with Gasteiger partial charge in [0.25, 0.3) is 0 Å². The summed E-state index contributed by atoms with van der Waals surface area (Å²) in [5, 5.41) is 12.5. The standard InChI is InChI=1S/C13H28N2O2/c1-9(2)7-11(8-15(5)6)14-12(10(3)4)13(16)17/h9-12,14H,7-8H2,1-6H3,(H,16,17). The van der Waals surface area contributed by atoms with Crippen molar-refractivity contribution in [2.75, 3.05) is 20.6 Å². The molecule has 4 heteroatoms. The molecule has 2 unspecified atom stereocenters. The second-order valence-electron chi connectivity index (χ2n) is 5.82. The first-order valence-corrected chi connectivity index (χ1v) is 6.37. The minimum atomic E-state index is -0.757. The van der Waals surface area contributed by atoms with E-state index in [9.17, 15) is 9.90 Å². The van der Waals surface area contributed by atoms with Crippen LogP contribution in [0.3, 0.4) is 0 Å². The molecule has 0 saturated carbocycles. The van der Waals surface area contributed by atoms with Gasteiger partial charge in [0.15, 0.2) is 0 Å². The van der Waals surface area contributed by atoms with Gasteiger partial charge in [-0.05, 0) is 32.4 Å². The van der Waals surface area contributed by atoms with Crippen molar-refractivity contribution in [3.63, 3.8) is 0 Å². The molecule has 2 N–H and O–H groups in total. The number of carbonyl (C=O) groups is 1. The zero-order valence-corrected chi connectivity index (χ0v) is 12.0. The van der Waals surface area contributed by atoms with Crippen LogP contribution < -0.4 is 5.32 Å². The first-order chi connectivity index (χ1) is 7.73. The molecule has 0 fully saturated rings. The van der Waals surface area contributed by atoms with E-state index in [2.05, 4.69) is 24.1 Å². The molecule has 2 atom stereocenters. The molecule has 0 radical (unpaired) electrons. The molecule has 0 aliphatic carbocycles. The van der Waals surface area contributed by atoms with Crippen LogP contribution in [-0.4, -0.2) is 48.7 Å². The fourth-order valence-corrected chi connectivity index (χ4v) is 2.01. The molecular weight excluding hydrogens is 216 g/mol. The molecule has 4 nitrogen and oxygen atoms in total. The predicted molar refractivity (Wildman–Crippen MR) is 71.2 cm³/mol. The van der Waals surface area contributed by atoms with Crippen LogP contribution in [0.15, 0.2) is 0 Å². The number of likely N-dealkylation sites (N-methyl/N-ethyl adjacent to an activating group) is 1. The molecule has 0 spiro atoms. The largest absolute Gasteiger partial charge is 0.480 e. The van der Waals surface area contributed by atoms with Gasteiger partial charge in [-0.3, -0.25) is 4.79 Å². The number of nitrogens with one attached hydrogen (secondary N) is 1. The first-order valence-electron chi connectivity index (χ1n) is 6.37. The molecule has 0 amide bonds. The van der Waals surface area contributed by atoms with E-state index in [1.54, 1.807) is 0 Å². The van der Waals surface area contributed by atoms with E-state index in [1.807, 2.05) is 27.9 Å². The van der Waals surface area contributed by atoms with Gasteiger partial charge in [0, 0.05) is 12.6 Å². The second-order valence-corrected chi connectivity index (χ2v) is 5.82. The highest BCUT2D eigenvalue weighted by Gasteiger charge is 2.25. The van der Waals surface area contributed by atoms with Gasteiger partial charge in [0.2, 0.25) is 0 Å². The lowest BCUT2D eigenvalue weighted by atomic mass is 9.99. The normalized spacial score (nSPS) is 15.6. The number of hydrogen-bond donors (Lipinski definition) is 2. The summed E-state index contributed by atoms with van der Waals surface area (Å²) in [6, 6.07) is -0.229. The van der Waals surface area contributed by atoms with Crippen molar-refractivity contribution in [2.24, 2.45) is 11.8 Å². The van der Waals surface area contributed by atoms with Crippen molar-refractivity contribution in [1.29, 1.82) is 0 Å². The van der Waals surface area contributed by atoms with Crippen molar-refractivity contribution < 1.29 is 9.90 Å². The topological polar surface area (TPSA) is 52.6 Å². The number of aliphatic carboxylic acids is 1. The molecule has 17 heavy (non-hydrogen) atoms. The van der Waals surface area contributed by atoms with E-state index in [1.165, 1.54) is 0 Å². The highest BCUT2D eigenvalue weighted by atomic mass is 16.4. The number of hydrogen-bond acceptors (Lipinski definition) is 3. The number of carboxylic acids is 1. The molecular formula is C13H28N2O2. The van der Waals surface area contributed by atoms with Gasteiger partial charge in [-0.25, -0.2) is 0 Å². The average Bonchev–Trinajstić information content (AvgIpc) is 2.10. The molecule has 0 aromatic heterocycles. The zero-order valence-electron chi connectivity index (χ0n) is 12.0. The summed E-state index contributed by atoms with van der Waals surface area (Å²) in [6.45, 7) is 9.07. The van der Waals surface area contributed by atoms with Crippen LogP contribution >= 0.6 is 0 Å².